The van der Waals surface area contributed by atoms with Crippen molar-refractivity contribution < 1.29 is 9.53 Å². The molecule has 0 aliphatic carbocycles. The molecular formula is C14H24N4O2. The van der Waals surface area contributed by atoms with Crippen LogP contribution >= 0.6 is 0 Å². The van der Waals surface area contributed by atoms with E-state index in [2.05, 4.69) is 19.8 Å². The summed E-state index contributed by atoms with van der Waals surface area (Å²) < 4.78 is 7.24. The number of carbonyl (C=O) groups excluding carboxylic acids is 1. The number of methoxy groups -OCH3 is 1. The molecule has 2 heterocycles. The molecule has 0 radical (unpaired) electrons. The van der Waals surface area contributed by atoms with E-state index in [1.165, 1.54) is 0 Å². The van der Waals surface area contributed by atoms with Crippen molar-refractivity contribution in [2.75, 3.05) is 26.8 Å². The van der Waals surface area contributed by atoms with E-state index < -0.39 is 0 Å². The second-order valence-corrected chi connectivity index (χ2v) is 5.30. The Kier molecular flexibility index (Phi) is 5.55. The molecule has 6 heteroatoms. The normalized spacial score (nSPS) is 20.0. The number of nitrogens with one attached hydrogen (secondary N) is 1. The maximum atomic E-state index is 11.1. The van der Waals surface area contributed by atoms with Gasteiger partial charge in [-0.05, 0) is 19.4 Å². The number of carbonyl (C=O) groups is 1. The predicted molar refractivity (Wildman–Crippen MR) is 76.2 cm³/mol. The zero-order chi connectivity index (χ0) is 14.4. The smallest absolute Gasteiger partial charge is 0.217 e. The van der Waals surface area contributed by atoms with Gasteiger partial charge in [-0.3, -0.25) is 9.69 Å². The van der Waals surface area contributed by atoms with Gasteiger partial charge in [-0.15, -0.1) is 0 Å². The SMILES string of the molecule is COCCn1ccnc1CN1CCC[C@H](NC(C)=O)C1. The lowest BCUT2D eigenvalue weighted by atomic mass is 10.1. The molecule has 1 N–H and O–H groups in total. The molecule has 1 atom stereocenters. The topological polar surface area (TPSA) is 59.4 Å². The molecule has 1 aliphatic rings. The van der Waals surface area contributed by atoms with Crippen molar-refractivity contribution in [1.29, 1.82) is 0 Å². The summed E-state index contributed by atoms with van der Waals surface area (Å²) in [5, 5.41) is 3.01. The van der Waals surface area contributed by atoms with Gasteiger partial charge in [0.2, 0.25) is 5.91 Å². The Morgan fingerprint density at radius 1 is 1.60 bits per heavy atom. The Balaban J connectivity index is 1.89. The molecular weight excluding hydrogens is 256 g/mol. The molecule has 1 aliphatic heterocycles. The van der Waals surface area contributed by atoms with Gasteiger partial charge >= 0.3 is 0 Å². The molecule has 0 saturated carbocycles. The van der Waals surface area contributed by atoms with Gasteiger partial charge in [-0.1, -0.05) is 0 Å². The molecule has 1 fully saturated rings. The fourth-order valence-electron chi connectivity index (χ4n) is 2.69. The average molecular weight is 280 g/mol. The lowest BCUT2D eigenvalue weighted by molar-refractivity contribution is -0.120. The van der Waals surface area contributed by atoms with Crippen LogP contribution in [0.4, 0.5) is 0 Å². The van der Waals surface area contributed by atoms with E-state index >= 15 is 0 Å². The second-order valence-electron chi connectivity index (χ2n) is 5.30. The average Bonchev–Trinajstić information content (AvgIpc) is 2.83. The standard InChI is InChI=1S/C14H24N4O2/c1-12(19)16-13-4-3-6-17(10-13)11-14-15-5-7-18(14)8-9-20-2/h5,7,13H,3-4,6,8-11H2,1-2H3,(H,16,19)/t13-/m0/s1. The molecule has 1 aromatic heterocycles. The van der Waals surface area contributed by atoms with Gasteiger partial charge in [-0.25, -0.2) is 4.98 Å². The minimum absolute atomic E-state index is 0.0541. The molecule has 20 heavy (non-hydrogen) atoms. The first-order chi connectivity index (χ1) is 9.69. The van der Waals surface area contributed by atoms with E-state index in [4.69, 9.17) is 4.74 Å². The maximum absolute atomic E-state index is 11.1. The van der Waals surface area contributed by atoms with Crippen LogP contribution in [-0.2, 0) is 22.6 Å². The lowest BCUT2D eigenvalue weighted by Crippen LogP contribution is -2.47. The maximum Gasteiger partial charge on any atom is 0.217 e. The van der Waals surface area contributed by atoms with E-state index in [-0.39, 0.29) is 11.9 Å². The summed E-state index contributed by atoms with van der Waals surface area (Å²) >= 11 is 0. The summed E-state index contributed by atoms with van der Waals surface area (Å²) in [4.78, 5) is 17.9. The van der Waals surface area contributed by atoms with Crippen LogP contribution in [-0.4, -0.2) is 53.2 Å². The van der Waals surface area contributed by atoms with Crippen molar-refractivity contribution in [2.24, 2.45) is 0 Å². The van der Waals surface area contributed by atoms with Crippen LogP contribution in [0.1, 0.15) is 25.6 Å². The molecule has 6 nitrogen and oxygen atoms in total. The summed E-state index contributed by atoms with van der Waals surface area (Å²) in [6, 6.07) is 0.267. The molecule has 112 valence electrons. The number of aromatic nitrogens is 2. The fourth-order valence-corrected chi connectivity index (χ4v) is 2.69. The van der Waals surface area contributed by atoms with Crippen molar-refractivity contribution in [3.05, 3.63) is 18.2 Å². The first-order valence-electron chi connectivity index (χ1n) is 7.17. The number of nitrogens with zero attached hydrogens (tertiary/aromatic N) is 3. The van der Waals surface area contributed by atoms with Gasteiger partial charge in [-0.2, -0.15) is 0 Å². The summed E-state index contributed by atoms with van der Waals surface area (Å²) in [7, 11) is 1.71. The van der Waals surface area contributed by atoms with Gasteiger partial charge in [0.15, 0.2) is 0 Å². The van der Waals surface area contributed by atoms with Crippen LogP contribution in [0.3, 0.4) is 0 Å². The zero-order valence-electron chi connectivity index (χ0n) is 12.3. The van der Waals surface area contributed by atoms with Gasteiger partial charge in [0.25, 0.3) is 0 Å². The molecule has 0 bridgehead atoms. The number of amides is 1. The van der Waals surface area contributed by atoms with E-state index in [1.54, 1.807) is 14.0 Å². The Hall–Kier alpha value is -1.40. The van der Waals surface area contributed by atoms with Crippen LogP contribution in [0.15, 0.2) is 12.4 Å². The summed E-state index contributed by atoms with van der Waals surface area (Å²) in [6.45, 7) is 5.89. The van der Waals surface area contributed by atoms with Crippen molar-refractivity contribution in [1.82, 2.24) is 19.8 Å². The van der Waals surface area contributed by atoms with Crippen LogP contribution in [0.2, 0.25) is 0 Å². The van der Waals surface area contributed by atoms with Crippen molar-refractivity contribution in [2.45, 2.75) is 38.9 Å². The highest BCUT2D eigenvalue weighted by molar-refractivity contribution is 5.73. The molecule has 0 spiro atoms. The first kappa shape index (κ1) is 15.0. The molecule has 2 rings (SSSR count). The first-order valence-corrected chi connectivity index (χ1v) is 7.17. The molecule has 1 saturated heterocycles. The van der Waals surface area contributed by atoms with E-state index in [0.717, 1.165) is 44.8 Å². The molecule has 0 unspecified atom stereocenters. The van der Waals surface area contributed by atoms with Gasteiger partial charge in [0, 0.05) is 45.6 Å². The van der Waals surface area contributed by atoms with Crippen LogP contribution in [0.5, 0.6) is 0 Å². The van der Waals surface area contributed by atoms with E-state index in [0.29, 0.717) is 6.61 Å². The highest BCUT2D eigenvalue weighted by Gasteiger charge is 2.21. The van der Waals surface area contributed by atoms with Crippen molar-refractivity contribution in [3.63, 3.8) is 0 Å². The highest BCUT2D eigenvalue weighted by Crippen LogP contribution is 2.13. The summed E-state index contributed by atoms with van der Waals surface area (Å²) in [6.07, 6.45) is 6.00. The van der Waals surface area contributed by atoms with Crippen molar-refractivity contribution >= 4 is 5.91 Å². The summed E-state index contributed by atoms with van der Waals surface area (Å²) in [5.41, 5.74) is 0. The zero-order valence-corrected chi connectivity index (χ0v) is 12.3. The Bertz CT molecular complexity index is 433. The number of ether oxygens (including phenoxy) is 1. The minimum Gasteiger partial charge on any atom is -0.383 e. The third-order valence-electron chi connectivity index (χ3n) is 3.62. The third kappa shape index (κ3) is 4.31. The number of likely N-dealkylation sites (tertiary alicyclic amines) is 1. The number of hydrogen-bond acceptors (Lipinski definition) is 4. The summed E-state index contributed by atoms with van der Waals surface area (Å²) in [5.74, 6) is 1.11. The lowest BCUT2D eigenvalue weighted by Gasteiger charge is -2.32. The Morgan fingerprint density at radius 3 is 3.20 bits per heavy atom. The number of piperidine rings is 1. The molecule has 0 aromatic carbocycles. The Labute approximate surface area is 120 Å². The Morgan fingerprint density at radius 2 is 2.45 bits per heavy atom. The van der Waals surface area contributed by atoms with Crippen molar-refractivity contribution in [3.8, 4) is 0 Å². The number of hydrogen-bond donors (Lipinski definition) is 1. The monoisotopic (exact) mass is 280 g/mol. The van der Waals surface area contributed by atoms with Gasteiger partial charge < -0.3 is 14.6 Å². The second kappa shape index (κ2) is 7.40. The van der Waals surface area contributed by atoms with Gasteiger partial charge in [0.1, 0.15) is 5.82 Å². The quantitative estimate of drug-likeness (QED) is 0.830. The van der Waals surface area contributed by atoms with E-state index in [9.17, 15) is 4.79 Å². The molecule has 1 amide bonds. The number of imidazole rings is 1. The third-order valence-corrected chi connectivity index (χ3v) is 3.62. The predicted octanol–water partition coefficient (Wildman–Crippen LogP) is 0.630. The van der Waals surface area contributed by atoms with Crippen LogP contribution in [0.25, 0.3) is 0 Å². The minimum atomic E-state index is 0.0541. The largest absolute Gasteiger partial charge is 0.383 e. The van der Waals surface area contributed by atoms with Crippen LogP contribution in [0, 0.1) is 0 Å². The highest BCUT2D eigenvalue weighted by atomic mass is 16.5. The molecule has 1 aromatic rings. The van der Waals surface area contributed by atoms with E-state index in [1.807, 2.05) is 12.4 Å². The number of rotatable bonds is 6. The van der Waals surface area contributed by atoms with Gasteiger partial charge in [0.05, 0.1) is 13.2 Å². The van der Waals surface area contributed by atoms with Crippen LogP contribution < -0.4 is 5.32 Å². The fraction of sp³-hybridized carbons (Fsp3) is 0.714.